The number of hydrogen-bond acceptors (Lipinski definition) is 6. The van der Waals surface area contributed by atoms with Gasteiger partial charge in [0.25, 0.3) is 11.5 Å². The normalized spacial score (nSPS) is 14.9. The van der Waals surface area contributed by atoms with Gasteiger partial charge in [0.2, 0.25) is 5.75 Å². The topological polar surface area (TPSA) is 125 Å². The number of carbonyl (C=O) groups excluding carboxylic acids is 3. The molecule has 11 heteroatoms. The van der Waals surface area contributed by atoms with Crippen molar-refractivity contribution in [3.05, 3.63) is 57.5 Å². The number of nitrogens with one attached hydrogen (secondary N) is 1. The van der Waals surface area contributed by atoms with Crippen LogP contribution in [0.25, 0.3) is 0 Å². The zero-order chi connectivity index (χ0) is 23.6. The molecular formula is C21H24FN5O5. The van der Waals surface area contributed by atoms with Gasteiger partial charge in [-0.3, -0.25) is 23.7 Å². The molecule has 32 heavy (non-hydrogen) atoms. The Hall–Kier alpha value is -3.76. The minimum Gasteiger partial charge on any atom is -0.501 e. The van der Waals surface area contributed by atoms with Crippen LogP contribution in [0.3, 0.4) is 0 Å². The van der Waals surface area contributed by atoms with Gasteiger partial charge in [-0.2, -0.15) is 0 Å². The summed E-state index contributed by atoms with van der Waals surface area (Å²) in [6, 6.07) is 4.74. The lowest BCUT2D eigenvalue weighted by Gasteiger charge is -2.33. The number of halogens is 1. The van der Waals surface area contributed by atoms with Crippen molar-refractivity contribution in [2.75, 3.05) is 21.1 Å². The Bertz CT molecular complexity index is 1110. The van der Waals surface area contributed by atoms with Crippen molar-refractivity contribution in [1.29, 1.82) is 0 Å². The lowest BCUT2D eigenvalue weighted by molar-refractivity contribution is -0.151. The highest BCUT2D eigenvalue weighted by molar-refractivity contribution is 6.34. The van der Waals surface area contributed by atoms with Crippen LogP contribution in [0.15, 0.2) is 29.1 Å². The number of likely N-dealkylation sites (N-methyl/N-ethyl adjacent to an activating group) is 2. The highest BCUT2D eigenvalue weighted by Crippen LogP contribution is 2.29. The standard InChI is InChI=1S/C21H24FN5O5/c1-25(2)20(31)21(32)26(3)14-5-4-10-27-17(14)24-15(16(28)19(27)30)18(29)23-11-12-6-8-13(22)9-7-12/h6-9,14,28H,4-5,10-11H2,1-3H3,(H,23,29)/t14-/m1/s1. The van der Waals surface area contributed by atoms with E-state index < -0.39 is 46.6 Å². The Morgan fingerprint density at radius 3 is 2.47 bits per heavy atom. The van der Waals surface area contributed by atoms with Crippen LogP contribution >= 0.6 is 0 Å². The highest BCUT2D eigenvalue weighted by Gasteiger charge is 2.34. The molecule has 1 aromatic heterocycles. The number of nitrogens with zero attached hydrogens (tertiary/aromatic N) is 4. The van der Waals surface area contributed by atoms with Crippen molar-refractivity contribution in [3.8, 4) is 5.75 Å². The van der Waals surface area contributed by atoms with Crippen LogP contribution in [-0.2, 0) is 22.7 Å². The second-order valence-electron chi connectivity index (χ2n) is 7.71. The van der Waals surface area contributed by atoms with Crippen molar-refractivity contribution in [2.45, 2.75) is 32.0 Å². The van der Waals surface area contributed by atoms with Gasteiger partial charge in [-0.1, -0.05) is 12.1 Å². The van der Waals surface area contributed by atoms with E-state index in [1.807, 2.05) is 0 Å². The van der Waals surface area contributed by atoms with Crippen LogP contribution in [0.1, 0.15) is 40.8 Å². The molecule has 0 unspecified atom stereocenters. The molecule has 0 fully saturated rings. The first-order chi connectivity index (χ1) is 15.1. The molecule has 1 aliphatic heterocycles. The number of rotatable bonds is 4. The lowest BCUT2D eigenvalue weighted by atomic mass is 10.0. The van der Waals surface area contributed by atoms with E-state index in [4.69, 9.17) is 0 Å². The van der Waals surface area contributed by atoms with Gasteiger partial charge < -0.3 is 20.2 Å². The van der Waals surface area contributed by atoms with E-state index in [0.29, 0.717) is 18.4 Å². The summed E-state index contributed by atoms with van der Waals surface area (Å²) < 4.78 is 14.3. The molecule has 3 amide bonds. The minimum atomic E-state index is -0.802. The maximum Gasteiger partial charge on any atom is 0.312 e. The maximum absolute atomic E-state index is 13.0. The van der Waals surface area contributed by atoms with Gasteiger partial charge in [-0.15, -0.1) is 0 Å². The van der Waals surface area contributed by atoms with E-state index in [0.717, 1.165) is 4.90 Å². The van der Waals surface area contributed by atoms with E-state index in [1.165, 1.54) is 54.9 Å². The fraction of sp³-hybridized carbons (Fsp3) is 0.381. The van der Waals surface area contributed by atoms with Gasteiger partial charge in [0.05, 0.1) is 6.04 Å². The summed E-state index contributed by atoms with van der Waals surface area (Å²) in [4.78, 5) is 56.5. The second kappa shape index (κ2) is 9.16. The first-order valence-electron chi connectivity index (χ1n) is 9.96. The molecule has 170 valence electrons. The highest BCUT2D eigenvalue weighted by atomic mass is 19.1. The quantitative estimate of drug-likeness (QED) is 0.657. The summed E-state index contributed by atoms with van der Waals surface area (Å²) in [6.45, 7) is 0.282. The largest absolute Gasteiger partial charge is 0.501 e. The first-order valence-corrected chi connectivity index (χ1v) is 9.96. The van der Waals surface area contributed by atoms with E-state index in [-0.39, 0.29) is 18.9 Å². The molecule has 0 saturated carbocycles. The third-order valence-corrected chi connectivity index (χ3v) is 5.29. The SMILES string of the molecule is CN(C)C(=O)C(=O)N(C)[C@@H]1CCCn2c1nc(C(=O)NCc1ccc(F)cc1)c(O)c2=O. The zero-order valence-electron chi connectivity index (χ0n) is 18.0. The molecule has 2 aromatic rings. The monoisotopic (exact) mass is 445 g/mol. The number of aromatic hydroxyl groups is 1. The molecule has 1 atom stereocenters. The molecular weight excluding hydrogens is 421 g/mol. The number of carbonyl (C=O) groups is 3. The van der Waals surface area contributed by atoms with Crippen molar-refractivity contribution in [1.82, 2.24) is 24.7 Å². The van der Waals surface area contributed by atoms with Crippen LogP contribution in [0.2, 0.25) is 0 Å². The van der Waals surface area contributed by atoms with E-state index in [2.05, 4.69) is 10.3 Å². The number of hydrogen-bond donors (Lipinski definition) is 2. The van der Waals surface area contributed by atoms with Crippen LogP contribution < -0.4 is 10.9 Å². The molecule has 2 N–H and O–H groups in total. The van der Waals surface area contributed by atoms with Gasteiger partial charge in [0.15, 0.2) is 5.69 Å². The van der Waals surface area contributed by atoms with E-state index in [1.54, 1.807) is 0 Å². The number of fused-ring (bicyclic) bond motifs is 1. The molecule has 0 bridgehead atoms. The molecule has 1 aliphatic rings. The van der Waals surface area contributed by atoms with Gasteiger partial charge in [-0.05, 0) is 30.5 Å². The number of amides is 3. The third-order valence-electron chi connectivity index (χ3n) is 5.29. The molecule has 0 spiro atoms. The summed E-state index contributed by atoms with van der Waals surface area (Å²) in [7, 11) is 4.33. The minimum absolute atomic E-state index is 0.0256. The maximum atomic E-state index is 13.0. The van der Waals surface area contributed by atoms with Crippen LogP contribution in [0, 0.1) is 5.82 Å². The third kappa shape index (κ3) is 4.46. The summed E-state index contributed by atoms with van der Waals surface area (Å²) in [6.07, 6.45) is 0.944. The molecule has 0 radical (unpaired) electrons. The molecule has 10 nitrogen and oxygen atoms in total. The number of benzene rings is 1. The van der Waals surface area contributed by atoms with Crippen molar-refractivity contribution in [3.63, 3.8) is 0 Å². The molecule has 0 aliphatic carbocycles. The first kappa shape index (κ1) is 22.9. The van der Waals surface area contributed by atoms with Gasteiger partial charge >= 0.3 is 11.8 Å². The fourth-order valence-electron chi connectivity index (χ4n) is 3.48. The van der Waals surface area contributed by atoms with Gasteiger partial charge in [0.1, 0.15) is 11.6 Å². The molecule has 2 heterocycles. The van der Waals surface area contributed by atoms with Crippen LogP contribution in [0.4, 0.5) is 4.39 Å². The van der Waals surface area contributed by atoms with Gasteiger partial charge in [-0.25, -0.2) is 9.37 Å². The van der Waals surface area contributed by atoms with Crippen molar-refractivity contribution >= 4 is 17.7 Å². The Morgan fingerprint density at radius 1 is 1.19 bits per heavy atom. The summed E-state index contributed by atoms with van der Waals surface area (Å²) in [5.41, 5.74) is -0.666. The summed E-state index contributed by atoms with van der Waals surface area (Å²) >= 11 is 0. The molecule has 1 aromatic carbocycles. The Labute approximate surface area is 183 Å². The average Bonchev–Trinajstić information content (AvgIpc) is 2.78. The smallest absolute Gasteiger partial charge is 0.312 e. The average molecular weight is 445 g/mol. The Kier molecular flexibility index (Phi) is 6.56. The fourth-order valence-corrected chi connectivity index (χ4v) is 3.48. The molecule has 0 saturated heterocycles. The van der Waals surface area contributed by atoms with E-state index in [9.17, 15) is 28.7 Å². The predicted molar refractivity (Wildman–Crippen MR) is 111 cm³/mol. The predicted octanol–water partition coefficient (Wildman–Crippen LogP) is 0.399. The summed E-state index contributed by atoms with van der Waals surface area (Å²) in [5, 5.41) is 12.8. The van der Waals surface area contributed by atoms with E-state index >= 15 is 0 Å². The van der Waals surface area contributed by atoms with Gasteiger partial charge in [0, 0.05) is 34.2 Å². The Morgan fingerprint density at radius 2 is 1.84 bits per heavy atom. The summed E-state index contributed by atoms with van der Waals surface area (Å²) in [5.74, 6) is -3.41. The van der Waals surface area contributed by atoms with Crippen molar-refractivity contribution in [2.24, 2.45) is 0 Å². The van der Waals surface area contributed by atoms with Crippen LogP contribution in [-0.4, -0.2) is 63.3 Å². The second-order valence-corrected chi connectivity index (χ2v) is 7.71. The zero-order valence-corrected chi connectivity index (χ0v) is 18.0. The number of aromatic nitrogens is 2. The lowest BCUT2D eigenvalue weighted by Crippen LogP contribution is -2.45. The van der Waals surface area contributed by atoms with Crippen molar-refractivity contribution < 1.29 is 23.9 Å². The van der Waals surface area contributed by atoms with Crippen LogP contribution in [0.5, 0.6) is 5.75 Å². The molecule has 3 rings (SSSR count). The Balaban J connectivity index is 1.91.